The van der Waals surface area contributed by atoms with E-state index in [1.807, 2.05) is 0 Å². The molecule has 19 heavy (non-hydrogen) atoms. The van der Waals surface area contributed by atoms with Crippen LogP contribution in [0, 0.1) is 21.4 Å². The van der Waals surface area contributed by atoms with Crippen molar-refractivity contribution in [3.05, 3.63) is 46.0 Å². The Morgan fingerprint density at radius 1 is 1.53 bits per heavy atom. The van der Waals surface area contributed by atoms with Crippen LogP contribution in [-0.4, -0.2) is 30.8 Å². The summed E-state index contributed by atoms with van der Waals surface area (Å²) in [6, 6.07) is 4.95. The van der Waals surface area contributed by atoms with Crippen molar-refractivity contribution < 1.29 is 14.8 Å². The fraction of sp³-hybridized carbons (Fsp3) is 0. The van der Waals surface area contributed by atoms with Gasteiger partial charge in [-0.1, -0.05) is 0 Å². The van der Waals surface area contributed by atoms with E-state index in [2.05, 4.69) is 10.1 Å². The Balaban J connectivity index is 2.64. The molecule has 0 saturated heterocycles. The molecule has 94 valence electrons. The zero-order chi connectivity index (χ0) is 14.0. The second kappa shape index (κ2) is 4.53. The third kappa shape index (κ3) is 2.22. The molecule has 0 aliphatic rings. The molecule has 0 saturated carbocycles. The Morgan fingerprint density at radius 3 is 2.79 bits per heavy atom. The standard InChI is InChI=1S/C10H5N5O4/c11-4-9-12-5-14(13-9)8-3-6(10(16)17)1-2-7(8)15(18)19/h1-3,5H,(H,16,17). The van der Waals surface area contributed by atoms with Gasteiger partial charge in [0, 0.05) is 6.07 Å². The first-order chi connectivity index (χ1) is 9.02. The van der Waals surface area contributed by atoms with E-state index in [-0.39, 0.29) is 22.8 Å². The molecule has 2 aromatic rings. The van der Waals surface area contributed by atoms with Crippen molar-refractivity contribution in [1.82, 2.24) is 14.8 Å². The van der Waals surface area contributed by atoms with Gasteiger partial charge in [-0.05, 0) is 12.1 Å². The van der Waals surface area contributed by atoms with E-state index in [0.29, 0.717) is 0 Å². The lowest BCUT2D eigenvalue weighted by Gasteiger charge is -2.03. The summed E-state index contributed by atoms with van der Waals surface area (Å²) in [5.41, 5.74) is -0.534. The molecular weight excluding hydrogens is 254 g/mol. The number of carbonyl (C=O) groups is 1. The molecular formula is C10H5N5O4. The number of nitro groups is 1. The molecule has 0 fully saturated rings. The summed E-state index contributed by atoms with van der Waals surface area (Å²) in [6.07, 6.45) is 1.10. The van der Waals surface area contributed by atoms with Gasteiger partial charge in [0.2, 0.25) is 0 Å². The van der Waals surface area contributed by atoms with Crippen molar-refractivity contribution >= 4 is 11.7 Å². The second-order valence-corrected chi connectivity index (χ2v) is 3.39. The van der Waals surface area contributed by atoms with Gasteiger partial charge >= 0.3 is 5.97 Å². The number of nitriles is 1. The molecule has 1 heterocycles. The van der Waals surface area contributed by atoms with Crippen LogP contribution in [0.3, 0.4) is 0 Å². The molecule has 0 amide bonds. The summed E-state index contributed by atoms with van der Waals surface area (Å²) in [5, 5.41) is 32.0. The van der Waals surface area contributed by atoms with Crippen LogP contribution in [0.1, 0.15) is 16.2 Å². The molecule has 0 bridgehead atoms. The van der Waals surface area contributed by atoms with Gasteiger partial charge in [-0.3, -0.25) is 10.1 Å². The molecule has 0 aliphatic carbocycles. The van der Waals surface area contributed by atoms with E-state index < -0.39 is 10.9 Å². The van der Waals surface area contributed by atoms with Gasteiger partial charge in [-0.25, -0.2) is 14.5 Å². The van der Waals surface area contributed by atoms with Crippen LogP contribution < -0.4 is 0 Å². The summed E-state index contributed by atoms with van der Waals surface area (Å²) in [4.78, 5) is 24.7. The maximum absolute atomic E-state index is 10.9. The van der Waals surface area contributed by atoms with Crippen molar-refractivity contribution in [2.45, 2.75) is 0 Å². The summed E-state index contributed by atoms with van der Waals surface area (Å²) < 4.78 is 0.989. The topological polar surface area (TPSA) is 135 Å². The fourth-order valence-electron chi connectivity index (χ4n) is 1.42. The number of carboxylic acid groups (broad SMARTS) is 1. The largest absolute Gasteiger partial charge is 0.478 e. The monoisotopic (exact) mass is 259 g/mol. The first-order valence-corrected chi connectivity index (χ1v) is 4.87. The van der Waals surface area contributed by atoms with E-state index in [1.165, 1.54) is 0 Å². The normalized spacial score (nSPS) is 9.84. The van der Waals surface area contributed by atoms with Crippen LogP contribution in [0.25, 0.3) is 5.69 Å². The predicted octanol–water partition coefficient (Wildman–Crippen LogP) is 0.745. The molecule has 0 unspecified atom stereocenters. The maximum Gasteiger partial charge on any atom is 0.335 e. The fourth-order valence-corrected chi connectivity index (χ4v) is 1.42. The number of aromatic nitrogens is 3. The first-order valence-electron chi connectivity index (χ1n) is 4.87. The van der Waals surface area contributed by atoms with Crippen LogP contribution in [-0.2, 0) is 0 Å². The highest BCUT2D eigenvalue weighted by atomic mass is 16.6. The number of nitrogens with zero attached hydrogens (tertiary/aromatic N) is 5. The zero-order valence-corrected chi connectivity index (χ0v) is 9.22. The smallest absolute Gasteiger partial charge is 0.335 e. The zero-order valence-electron chi connectivity index (χ0n) is 9.22. The number of benzene rings is 1. The number of hydrogen-bond acceptors (Lipinski definition) is 6. The molecule has 0 atom stereocenters. The van der Waals surface area contributed by atoms with Gasteiger partial charge < -0.3 is 5.11 Å². The van der Waals surface area contributed by atoms with Gasteiger partial charge in [0.1, 0.15) is 18.1 Å². The van der Waals surface area contributed by atoms with E-state index in [0.717, 1.165) is 29.2 Å². The Morgan fingerprint density at radius 2 is 2.26 bits per heavy atom. The molecule has 1 aromatic heterocycles. The number of hydrogen-bond donors (Lipinski definition) is 1. The average Bonchev–Trinajstić information content (AvgIpc) is 2.86. The third-order valence-electron chi connectivity index (χ3n) is 2.26. The van der Waals surface area contributed by atoms with Gasteiger partial charge in [0.25, 0.3) is 11.5 Å². The van der Waals surface area contributed by atoms with Gasteiger partial charge in [0.05, 0.1) is 10.5 Å². The van der Waals surface area contributed by atoms with Crippen LogP contribution in [0.5, 0.6) is 0 Å². The Hall–Kier alpha value is -3.28. The molecule has 9 heteroatoms. The van der Waals surface area contributed by atoms with Crippen molar-refractivity contribution in [2.24, 2.45) is 0 Å². The van der Waals surface area contributed by atoms with Crippen LogP contribution >= 0.6 is 0 Å². The lowest BCUT2D eigenvalue weighted by molar-refractivity contribution is -0.384. The minimum atomic E-state index is -1.23. The molecule has 1 N–H and O–H groups in total. The van der Waals surface area contributed by atoms with Crippen LogP contribution in [0.2, 0.25) is 0 Å². The minimum absolute atomic E-state index is 0.0705. The van der Waals surface area contributed by atoms with E-state index in [9.17, 15) is 14.9 Å². The molecule has 2 rings (SSSR count). The minimum Gasteiger partial charge on any atom is -0.478 e. The van der Waals surface area contributed by atoms with Crippen molar-refractivity contribution in [2.75, 3.05) is 0 Å². The quantitative estimate of drug-likeness (QED) is 0.634. The number of carboxylic acids is 1. The predicted molar refractivity (Wildman–Crippen MR) is 59.7 cm³/mol. The lowest BCUT2D eigenvalue weighted by Crippen LogP contribution is -2.04. The Labute approximate surface area is 105 Å². The highest BCUT2D eigenvalue weighted by Crippen LogP contribution is 2.23. The summed E-state index contributed by atoms with van der Waals surface area (Å²) in [6.45, 7) is 0. The molecule has 9 nitrogen and oxygen atoms in total. The van der Waals surface area contributed by atoms with Crippen molar-refractivity contribution in [3.63, 3.8) is 0 Å². The van der Waals surface area contributed by atoms with Crippen LogP contribution in [0.15, 0.2) is 24.5 Å². The van der Waals surface area contributed by atoms with E-state index in [4.69, 9.17) is 10.4 Å². The summed E-state index contributed by atoms with van der Waals surface area (Å²) >= 11 is 0. The maximum atomic E-state index is 10.9. The first kappa shape index (κ1) is 12.2. The number of aromatic carboxylic acids is 1. The Kier molecular flexibility index (Phi) is 2.91. The highest BCUT2D eigenvalue weighted by molar-refractivity contribution is 5.89. The van der Waals surface area contributed by atoms with E-state index >= 15 is 0 Å². The highest BCUT2D eigenvalue weighted by Gasteiger charge is 2.19. The van der Waals surface area contributed by atoms with Gasteiger partial charge in [-0.15, -0.1) is 5.10 Å². The number of nitro benzene ring substituents is 1. The van der Waals surface area contributed by atoms with E-state index in [1.54, 1.807) is 6.07 Å². The number of rotatable bonds is 3. The van der Waals surface area contributed by atoms with Crippen molar-refractivity contribution in [1.29, 1.82) is 5.26 Å². The Bertz CT molecular complexity index is 715. The lowest BCUT2D eigenvalue weighted by atomic mass is 10.2. The van der Waals surface area contributed by atoms with Gasteiger partial charge in [-0.2, -0.15) is 5.26 Å². The van der Waals surface area contributed by atoms with Crippen LogP contribution in [0.4, 0.5) is 5.69 Å². The summed E-state index contributed by atoms with van der Waals surface area (Å²) in [5.74, 6) is -1.40. The SMILES string of the molecule is N#Cc1ncn(-c2cc(C(=O)O)ccc2[N+](=O)[O-])n1. The average molecular weight is 259 g/mol. The van der Waals surface area contributed by atoms with Crippen molar-refractivity contribution in [3.8, 4) is 11.8 Å². The second-order valence-electron chi connectivity index (χ2n) is 3.39. The molecule has 1 aromatic carbocycles. The molecule has 0 aliphatic heterocycles. The third-order valence-corrected chi connectivity index (χ3v) is 2.26. The summed E-state index contributed by atoms with van der Waals surface area (Å²) in [7, 11) is 0. The molecule has 0 radical (unpaired) electrons. The van der Waals surface area contributed by atoms with Gasteiger partial charge in [0.15, 0.2) is 0 Å². The molecule has 0 spiro atoms.